The fraction of sp³-hybridized carbons (Fsp3) is 0.333. The van der Waals surface area contributed by atoms with Crippen molar-refractivity contribution < 1.29 is 14.2 Å². The summed E-state index contributed by atoms with van der Waals surface area (Å²) in [7, 11) is 3.75. The molecule has 0 amide bonds. The third-order valence-corrected chi connectivity index (χ3v) is 2.73. The highest BCUT2D eigenvalue weighted by molar-refractivity contribution is 5.24. The molecule has 0 heterocycles. The molecule has 0 saturated carbocycles. The van der Waals surface area contributed by atoms with Gasteiger partial charge in [0.15, 0.2) is 6.29 Å². The van der Waals surface area contributed by atoms with Gasteiger partial charge in [0.1, 0.15) is 5.82 Å². The summed E-state index contributed by atoms with van der Waals surface area (Å²) in [6.45, 7) is 9.06. The molecule has 2 atom stereocenters. The maximum absolute atomic E-state index is 13.4. The van der Waals surface area contributed by atoms with E-state index in [9.17, 15) is 9.50 Å². The Morgan fingerprint density at radius 1 is 1.36 bits per heavy atom. The molecule has 2 unspecified atom stereocenters. The molecule has 3 nitrogen and oxygen atoms in total. The summed E-state index contributed by atoms with van der Waals surface area (Å²) in [6, 6.07) is 6.32. The van der Waals surface area contributed by atoms with Crippen LogP contribution in [0.2, 0.25) is 0 Å². The van der Waals surface area contributed by atoms with E-state index in [2.05, 4.69) is 18.5 Å². The highest BCUT2D eigenvalue weighted by Gasteiger charge is 2.14. The highest BCUT2D eigenvalue weighted by Crippen LogP contribution is 2.14. The van der Waals surface area contributed by atoms with Gasteiger partial charge < -0.3 is 15.2 Å². The lowest BCUT2D eigenvalue weighted by molar-refractivity contribution is -0.118. The first-order valence-corrected chi connectivity index (χ1v) is 7.10. The van der Waals surface area contributed by atoms with E-state index in [0.29, 0.717) is 5.56 Å². The van der Waals surface area contributed by atoms with Crippen LogP contribution in [0.1, 0.15) is 12.5 Å². The van der Waals surface area contributed by atoms with E-state index in [1.165, 1.54) is 6.07 Å². The van der Waals surface area contributed by atoms with Crippen LogP contribution in [0.3, 0.4) is 0 Å². The number of halogens is 1. The van der Waals surface area contributed by atoms with Gasteiger partial charge in [0.05, 0.1) is 6.10 Å². The predicted octanol–water partition coefficient (Wildman–Crippen LogP) is 3.23. The number of benzene rings is 1. The third kappa shape index (κ3) is 7.88. The molecule has 1 aromatic rings. The van der Waals surface area contributed by atoms with Crippen LogP contribution in [0.4, 0.5) is 4.39 Å². The molecule has 122 valence electrons. The second-order valence-electron chi connectivity index (χ2n) is 4.63. The van der Waals surface area contributed by atoms with Crippen molar-refractivity contribution in [1.29, 1.82) is 0 Å². The van der Waals surface area contributed by atoms with Crippen molar-refractivity contribution in [2.45, 2.75) is 25.7 Å². The number of nitrogens with one attached hydrogen (secondary N) is 1. The number of hydrogen-bond donors (Lipinski definition) is 2. The van der Waals surface area contributed by atoms with Crippen LogP contribution in [0.15, 0.2) is 61.2 Å². The van der Waals surface area contributed by atoms with Crippen molar-refractivity contribution in [3.8, 4) is 0 Å². The summed E-state index contributed by atoms with van der Waals surface area (Å²) in [5, 5.41) is 12.6. The van der Waals surface area contributed by atoms with Crippen molar-refractivity contribution >= 4 is 0 Å². The lowest BCUT2D eigenvalue weighted by Crippen LogP contribution is -2.23. The normalized spacial score (nSPS) is 13.6. The fourth-order valence-corrected chi connectivity index (χ4v) is 1.72. The zero-order chi connectivity index (χ0) is 17.0. The summed E-state index contributed by atoms with van der Waals surface area (Å²) in [6.07, 6.45) is 3.73. The summed E-state index contributed by atoms with van der Waals surface area (Å²) in [4.78, 5) is 0. The topological polar surface area (TPSA) is 41.5 Å². The number of aliphatic hydroxyl groups excluding tert-OH is 1. The van der Waals surface area contributed by atoms with Gasteiger partial charge in [-0.1, -0.05) is 49.6 Å². The fourth-order valence-electron chi connectivity index (χ4n) is 1.72. The second-order valence-corrected chi connectivity index (χ2v) is 4.63. The van der Waals surface area contributed by atoms with Crippen molar-refractivity contribution in [2.24, 2.45) is 0 Å². The zero-order valence-corrected chi connectivity index (χ0v) is 13.6. The Hall–Kier alpha value is -1.75. The second kappa shape index (κ2) is 11.9. The van der Waals surface area contributed by atoms with Crippen LogP contribution in [0.25, 0.3) is 0 Å². The molecule has 2 N–H and O–H groups in total. The van der Waals surface area contributed by atoms with E-state index < -0.39 is 6.29 Å². The molecule has 0 aromatic heterocycles. The standard InChI is InChI=1S/C16H19FO2.C2H7N/c1-4-8-13(5-2)12(3)19-16(18)11-14-9-6-7-10-15(14)17;1-3-2/h4-10,12,16,18H,1-2,11H2,3H3;3H,1-2H3/b13-8+;. The van der Waals surface area contributed by atoms with Gasteiger partial charge in [0, 0.05) is 6.42 Å². The highest BCUT2D eigenvalue weighted by atomic mass is 19.1. The average molecular weight is 307 g/mol. The number of rotatable bonds is 7. The monoisotopic (exact) mass is 307 g/mol. The summed E-state index contributed by atoms with van der Waals surface area (Å²) in [5.74, 6) is -0.344. The summed E-state index contributed by atoms with van der Waals surface area (Å²) < 4.78 is 18.8. The molecular weight excluding hydrogens is 281 g/mol. The third-order valence-electron chi connectivity index (χ3n) is 2.73. The Kier molecular flexibility index (Phi) is 10.9. The SMILES string of the molecule is C=C/C=C(\C=C)C(C)OC(O)Cc1ccccc1F.CNC. The maximum atomic E-state index is 13.4. The number of aliphatic hydroxyl groups is 1. The molecule has 0 saturated heterocycles. The van der Waals surface area contributed by atoms with Gasteiger partial charge in [0.25, 0.3) is 0 Å². The molecule has 4 heteroatoms. The molecule has 1 rings (SSSR count). The van der Waals surface area contributed by atoms with Crippen LogP contribution in [-0.2, 0) is 11.2 Å². The first kappa shape index (κ1) is 20.2. The van der Waals surface area contributed by atoms with Crippen molar-refractivity contribution in [1.82, 2.24) is 5.32 Å². The average Bonchev–Trinajstić information content (AvgIpc) is 2.47. The smallest absolute Gasteiger partial charge is 0.159 e. The molecule has 22 heavy (non-hydrogen) atoms. The Labute approximate surface area is 132 Å². The molecule has 0 radical (unpaired) electrons. The van der Waals surface area contributed by atoms with Gasteiger partial charge in [-0.05, 0) is 38.2 Å². The molecule has 0 bridgehead atoms. The maximum Gasteiger partial charge on any atom is 0.159 e. The number of ether oxygens (including phenoxy) is 1. The van der Waals surface area contributed by atoms with E-state index >= 15 is 0 Å². The van der Waals surface area contributed by atoms with Gasteiger partial charge in [-0.15, -0.1) is 0 Å². The largest absolute Gasteiger partial charge is 0.368 e. The van der Waals surface area contributed by atoms with E-state index in [1.807, 2.05) is 14.1 Å². The van der Waals surface area contributed by atoms with Crippen LogP contribution in [-0.4, -0.2) is 31.6 Å². The van der Waals surface area contributed by atoms with Gasteiger partial charge in [-0.2, -0.15) is 0 Å². The lowest BCUT2D eigenvalue weighted by Gasteiger charge is -2.19. The molecule has 0 aliphatic heterocycles. The minimum Gasteiger partial charge on any atom is -0.368 e. The van der Waals surface area contributed by atoms with Crippen molar-refractivity contribution in [2.75, 3.05) is 14.1 Å². The Balaban J connectivity index is 0.00000135. The van der Waals surface area contributed by atoms with Crippen molar-refractivity contribution in [3.63, 3.8) is 0 Å². The van der Waals surface area contributed by atoms with E-state index in [4.69, 9.17) is 4.74 Å². The number of hydrogen-bond acceptors (Lipinski definition) is 3. The minimum atomic E-state index is -1.07. The van der Waals surface area contributed by atoms with Gasteiger partial charge in [0.2, 0.25) is 0 Å². The van der Waals surface area contributed by atoms with Crippen LogP contribution < -0.4 is 5.32 Å². The van der Waals surface area contributed by atoms with Crippen LogP contribution in [0.5, 0.6) is 0 Å². The van der Waals surface area contributed by atoms with Gasteiger partial charge in [-0.3, -0.25) is 0 Å². The van der Waals surface area contributed by atoms with Crippen LogP contribution in [0, 0.1) is 5.82 Å². The van der Waals surface area contributed by atoms with E-state index in [0.717, 1.165) is 5.57 Å². The summed E-state index contributed by atoms with van der Waals surface area (Å²) in [5.41, 5.74) is 1.23. The molecular formula is C18H26FNO2. The van der Waals surface area contributed by atoms with Gasteiger partial charge in [-0.25, -0.2) is 4.39 Å². The molecule has 1 aromatic carbocycles. The molecule has 0 spiro atoms. The molecule has 0 aliphatic rings. The molecule has 0 fully saturated rings. The predicted molar refractivity (Wildman–Crippen MR) is 90.1 cm³/mol. The van der Waals surface area contributed by atoms with E-state index in [1.54, 1.807) is 43.4 Å². The molecule has 0 aliphatic carbocycles. The summed E-state index contributed by atoms with van der Waals surface area (Å²) >= 11 is 0. The van der Waals surface area contributed by atoms with Gasteiger partial charge >= 0.3 is 0 Å². The van der Waals surface area contributed by atoms with Crippen LogP contribution >= 0.6 is 0 Å². The first-order valence-electron chi connectivity index (χ1n) is 7.10. The number of allylic oxidation sites excluding steroid dienone is 2. The first-order chi connectivity index (χ1) is 10.5. The van der Waals surface area contributed by atoms with E-state index in [-0.39, 0.29) is 18.3 Å². The van der Waals surface area contributed by atoms with Crippen molar-refractivity contribution in [3.05, 3.63) is 72.6 Å². The quantitative estimate of drug-likeness (QED) is 0.600. The minimum absolute atomic E-state index is 0.107. The Morgan fingerprint density at radius 2 is 1.95 bits per heavy atom. The lowest BCUT2D eigenvalue weighted by atomic mass is 10.1. The Bertz CT molecular complexity index is 486. The zero-order valence-electron chi connectivity index (χ0n) is 13.6. The Morgan fingerprint density at radius 3 is 2.45 bits per heavy atom.